The Hall–Kier alpha value is -1.58. The van der Waals surface area contributed by atoms with Crippen molar-refractivity contribution in [2.45, 2.75) is 25.9 Å². The van der Waals surface area contributed by atoms with Crippen molar-refractivity contribution in [3.8, 4) is 0 Å². The predicted molar refractivity (Wildman–Crippen MR) is 77.6 cm³/mol. The average molecular weight is 326 g/mol. The zero-order valence-corrected chi connectivity index (χ0v) is 12.4. The lowest BCUT2D eigenvalue weighted by molar-refractivity contribution is -0.0327. The summed E-state index contributed by atoms with van der Waals surface area (Å²) in [6, 6.07) is 0. The van der Waals surface area contributed by atoms with E-state index in [4.69, 9.17) is 5.73 Å². The van der Waals surface area contributed by atoms with Crippen molar-refractivity contribution in [2.24, 2.45) is 5.92 Å². The minimum atomic E-state index is -4.32. The highest BCUT2D eigenvalue weighted by Crippen LogP contribution is 2.29. The first-order chi connectivity index (χ1) is 9.61. The maximum Gasteiger partial charge on any atom is 0.441 e. The summed E-state index contributed by atoms with van der Waals surface area (Å²) in [4.78, 5) is 25.4. The Morgan fingerprint density at radius 2 is 2.00 bits per heavy atom. The number of nitrogens with zero attached hydrogens (tertiary/aromatic N) is 1. The summed E-state index contributed by atoms with van der Waals surface area (Å²) >= 11 is -0.202. The van der Waals surface area contributed by atoms with Gasteiger partial charge in [0.2, 0.25) is 0 Å². The van der Waals surface area contributed by atoms with Gasteiger partial charge < -0.3 is 11.1 Å². The number of thioether (sulfide) groups is 1. The van der Waals surface area contributed by atoms with E-state index in [0.29, 0.717) is 6.54 Å². The molecular formula is C11H17F3N4O2S. The number of aromatic amines is 1. The minimum Gasteiger partial charge on any atom is -0.383 e. The van der Waals surface area contributed by atoms with Gasteiger partial charge in [0.25, 0.3) is 5.56 Å². The molecule has 0 unspecified atom stereocenters. The molecule has 0 aliphatic carbocycles. The van der Waals surface area contributed by atoms with E-state index in [1.165, 1.54) is 4.57 Å². The second-order valence-corrected chi connectivity index (χ2v) is 5.90. The monoisotopic (exact) mass is 326 g/mol. The van der Waals surface area contributed by atoms with Crippen LogP contribution in [0.25, 0.3) is 0 Å². The largest absolute Gasteiger partial charge is 0.441 e. The van der Waals surface area contributed by atoms with E-state index < -0.39 is 16.8 Å². The van der Waals surface area contributed by atoms with Gasteiger partial charge in [-0.15, -0.1) is 0 Å². The van der Waals surface area contributed by atoms with Crippen molar-refractivity contribution in [2.75, 3.05) is 23.3 Å². The Kier molecular flexibility index (Phi) is 5.76. The van der Waals surface area contributed by atoms with Crippen LogP contribution in [0.2, 0.25) is 0 Å². The van der Waals surface area contributed by atoms with Gasteiger partial charge in [-0.3, -0.25) is 14.3 Å². The number of aromatic nitrogens is 2. The average Bonchev–Trinajstić information content (AvgIpc) is 2.31. The zero-order chi connectivity index (χ0) is 16.2. The molecule has 1 aromatic heterocycles. The van der Waals surface area contributed by atoms with E-state index in [1.54, 1.807) is 0 Å². The standard InChI is InChI=1S/C11H17F3N4O2S/c1-6(2)5-18-8(15)7(9(19)17-10(18)20)16-3-4-21-11(12,13)14/h6,16H,3-5,15H2,1-2H3,(H,17,19,20). The highest BCUT2D eigenvalue weighted by molar-refractivity contribution is 8.00. The number of anilines is 2. The molecule has 0 aliphatic heterocycles. The second-order valence-electron chi connectivity index (χ2n) is 4.74. The number of halogens is 3. The smallest absolute Gasteiger partial charge is 0.383 e. The van der Waals surface area contributed by atoms with Crippen LogP contribution in [0.3, 0.4) is 0 Å². The highest BCUT2D eigenvalue weighted by atomic mass is 32.2. The van der Waals surface area contributed by atoms with Gasteiger partial charge in [-0.2, -0.15) is 13.2 Å². The number of rotatable bonds is 6. The van der Waals surface area contributed by atoms with E-state index in [1.807, 2.05) is 13.8 Å². The molecule has 0 aromatic carbocycles. The fraction of sp³-hybridized carbons (Fsp3) is 0.636. The van der Waals surface area contributed by atoms with Crippen LogP contribution in [-0.2, 0) is 6.54 Å². The number of nitrogens with two attached hydrogens (primary N) is 1. The maximum absolute atomic E-state index is 12.0. The lowest BCUT2D eigenvalue weighted by Crippen LogP contribution is -2.35. The number of nitrogen functional groups attached to an aromatic ring is 1. The van der Waals surface area contributed by atoms with Gasteiger partial charge in [0.15, 0.2) is 0 Å². The quantitative estimate of drug-likeness (QED) is 0.688. The van der Waals surface area contributed by atoms with Gasteiger partial charge in [-0.25, -0.2) is 4.79 Å². The highest BCUT2D eigenvalue weighted by Gasteiger charge is 2.27. The molecule has 0 aliphatic rings. The van der Waals surface area contributed by atoms with Gasteiger partial charge in [0, 0.05) is 18.8 Å². The lowest BCUT2D eigenvalue weighted by Gasteiger charge is -2.15. The van der Waals surface area contributed by atoms with Gasteiger partial charge in [-0.05, 0) is 17.7 Å². The third-order valence-corrected chi connectivity index (χ3v) is 3.19. The van der Waals surface area contributed by atoms with Crippen molar-refractivity contribution in [1.29, 1.82) is 0 Å². The van der Waals surface area contributed by atoms with E-state index in [-0.39, 0.29) is 41.5 Å². The molecule has 0 amide bonds. The summed E-state index contributed by atoms with van der Waals surface area (Å²) in [5.74, 6) is -0.231. The number of hydrogen-bond donors (Lipinski definition) is 3. The zero-order valence-electron chi connectivity index (χ0n) is 11.6. The van der Waals surface area contributed by atoms with E-state index >= 15 is 0 Å². The number of nitrogens with one attached hydrogen (secondary N) is 2. The third-order valence-electron chi connectivity index (χ3n) is 2.46. The van der Waals surface area contributed by atoms with Crippen LogP contribution in [0, 0.1) is 5.92 Å². The summed E-state index contributed by atoms with van der Waals surface area (Å²) < 4.78 is 37.2. The molecule has 4 N–H and O–H groups in total. The summed E-state index contributed by atoms with van der Waals surface area (Å²) in [6.07, 6.45) is 0. The van der Waals surface area contributed by atoms with Crippen LogP contribution in [0.15, 0.2) is 9.59 Å². The normalized spacial score (nSPS) is 11.9. The number of H-pyrrole nitrogens is 1. The molecule has 0 bridgehead atoms. The van der Waals surface area contributed by atoms with Crippen molar-refractivity contribution in [3.05, 3.63) is 20.8 Å². The molecule has 1 aromatic rings. The number of alkyl halides is 3. The third kappa shape index (κ3) is 5.37. The van der Waals surface area contributed by atoms with Crippen molar-refractivity contribution in [3.63, 3.8) is 0 Å². The van der Waals surface area contributed by atoms with Crippen molar-refractivity contribution in [1.82, 2.24) is 9.55 Å². The van der Waals surface area contributed by atoms with Crippen molar-refractivity contribution >= 4 is 23.3 Å². The molecule has 120 valence electrons. The summed E-state index contributed by atoms with van der Waals surface area (Å²) in [5.41, 5.74) is -0.0345. The first-order valence-corrected chi connectivity index (χ1v) is 7.17. The Morgan fingerprint density at radius 1 is 1.38 bits per heavy atom. The molecule has 1 rings (SSSR count). The number of hydrogen-bond acceptors (Lipinski definition) is 5. The molecule has 0 radical (unpaired) electrons. The Bertz CT molecular complexity index is 595. The Labute approximate surface area is 122 Å². The second kappa shape index (κ2) is 6.92. The first kappa shape index (κ1) is 17.5. The molecule has 0 fully saturated rings. The van der Waals surface area contributed by atoms with Gasteiger partial charge >= 0.3 is 11.2 Å². The molecule has 10 heteroatoms. The molecule has 21 heavy (non-hydrogen) atoms. The molecule has 0 saturated carbocycles. The van der Waals surface area contributed by atoms with Gasteiger partial charge in [0.1, 0.15) is 11.5 Å². The van der Waals surface area contributed by atoms with Crippen LogP contribution in [-0.4, -0.2) is 27.4 Å². The molecule has 0 spiro atoms. The van der Waals surface area contributed by atoms with Crippen LogP contribution >= 0.6 is 11.8 Å². The fourth-order valence-corrected chi connectivity index (χ4v) is 2.08. The SMILES string of the molecule is CC(C)Cn1c(N)c(NCCSC(F)(F)F)c(=O)[nH]c1=O. The van der Waals surface area contributed by atoms with E-state index in [9.17, 15) is 22.8 Å². The first-order valence-electron chi connectivity index (χ1n) is 6.19. The molecule has 6 nitrogen and oxygen atoms in total. The van der Waals surface area contributed by atoms with Crippen LogP contribution in [0.5, 0.6) is 0 Å². The summed E-state index contributed by atoms with van der Waals surface area (Å²) in [5, 5.41) is 2.55. The predicted octanol–water partition coefficient (Wildman–Crippen LogP) is 1.44. The van der Waals surface area contributed by atoms with E-state index in [0.717, 1.165) is 0 Å². The fourth-order valence-electron chi connectivity index (χ4n) is 1.65. The van der Waals surface area contributed by atoms with Crippen LogP contribution in [0.1, 0.15) is 13.8 Å². The minimum absolute atomic E-state index is 0.0746. The van der Waals surface area contributed by atoms with Crippen LogP contribution < -0.4 is 22.3 Å². The Morgan fingerprint density at radius 3 is 2.52 bits per heavy atom. The maximum atomic E-state index is 12.0. The van der Waals surface area contributed by atoms with Crippen LogP contribution in [0.4, 0.5) is 24.7 Å². The molecule has 0 atom stereocenters. The molecule has 1 heterocycles. The Balaban J connectivity index is 2.87. The summed E-state index contributed by atoms with van der Waals surface area (Å²) in [6.45, 7) is 3.93. The lowest BCUT2D eigenvalue weighted by atomic mass is 10.2. The van der Waals surface area contributed by atoms with Gasteiger partial charge in [-0.1, -0.05) is 13.8 Å². The molecule has 0 saturated heterocycles. The van der Waals surface area contributed by atoms with Crippen molar-refractivity contribution < 1.29 is 13.2 Å². The summed E-state index contributed by atoms with van der Waals surface area (Å²) in [7, 11) is 0. The van der Waals surface area contributed by atoms with E-state index in [2.05, 4.69) is 10.3 Å². The topological polar surface area (TPSA) is 92.9 Å². The van der Waals surface area contributed by atoms with Gasteiger partial charge in [0.05, 0.1) is 0 Å². The molecular weight excluding hydrogens is 309 g/mol.